The predicted molar refractivity (Wildman–Crippen MR) is 123 cm³/mol. The molecule has 166 valence electrons. The van der Waals surface area contributed by atoms with E-state index in [4.69, 9.17) is 9.47 Å². The Morgan fingerprint density at radius 2 is 1.38 bits per heavy atom. The molecule has 0 N–H and O–H groups in total. The number of ether oxygens (including phenoxy) is 2. The number of sulfonamides is 1. The molecule has 0 atom stereocenters. The number of nitrogens with zero attached hydrogens (tertiary/aromatic N) is 2. The van der Waals surface area contributed by atoms with Crippen molar-refractivity contribution < 1.29 is 17.9 Å². The van der Waals surface area contributed by atoms with Crippen molar-refractivity contribution in [2.45, 2.75) is 11.4 Å². The van der Waals surface area contributed by atoms with Crippen molar-refractivity contribution in [3.8, 4) is 22.6 Å². The fourth-order valence-corrected chi connectivity index (χ4v) is 5.59. The summed E-state index contributed by atoms with van der Waals surface area (Å²) in [4.78, 5) is 2.56. The molecule has 0 aromatic heterocycles. The van der Waals surface area contributed by atoms with Crippen molar-refractivity contribution in [3.05, 3.63) is 78.4 Å². The average Bonchev–Trinajstić information content (AvgIpc) is 2.85. The Kier molecular flexibility index (Phi) is 5.87. The molecule has 0 radical (unpaired) electrons. The fraction of sp³-hybridized carbons (Fsp3) is 0.280. The summed E-state index contributed by atoms with van der Waals surface area (Å²) in [5, 5.41) is 0. The number of hydrogen-bond acceptors (Lipinski definition) is 5. The van der Waals surface area contributed by atoms with Crippen LogP contribution < -0.4 is 9.47 Å². The zero-order valence-corrected chi connectivity index (χ0v) is 18.6. The molecule has 1 saturated heterocycles. The van der Waals surface area contributed by atoms with E-state index in [9.17, 15) is 8.42 Å². The van der Waals surface area contributed by atoms with Crippen LogP contribution >= 0.6 is 0 Å². The second-order valence-corrected chi connectivity index (χ2v) is 9.99. The lowest BCUT2D eigenvalue weighted by molar-refractivity contribution is 0.170. The molecule has 2 aliphatic heterocycles. The molecule has 2 heterocycles. The molecule has 2 aliphatic rings. The Balaban J connectivity index is 1.20. The molecule has 32 heavy (non-hydrogen) atoms. The first-order valence-corrected chi connectivity index (χ1v) is 12.3. The van der Waals surface area contributed by atoms with Gasteiger partial charge in [-0.3, -0.25) is 4.90 Å². The summed E-state index contributed by atoms with van der Waals surface area (Å²) in [6.07, 6.45) is 0. The minimum atomic E-state index is -3.56. The molecule has 0 spiro atoms. The van der Waals surface area contributed by atoms with Gasteiger partial charge in [-0.15, -0.1) is 0 Å². The second kappa shape index (κ2) is 8.94. The molecule has 0 bridgehead atoms. The van der Waals surface area contributed by atoms with Crippen LogP contribution in [0.25, 0.3) is 11.1 Å². The maximum absolute atomic E-state index is 13.1. The lowest BCUT2D eigenvalue weighted by atomic mass is 10.0. The quantitative estimate of drug-likeness (QED) is 0.594. The Labute approximate surface area is 189 Å². The van der Waals surface area contributed by atoms with Gasteiger partial charge < -0.3 is 9.47 Å². The van der Waals surface area contributed by atoms with Crippen molar-refractivity contribution in [2.75, 3.05) is 39.4 Å². The van der Waals surface area contributed by atoms with Crippen LogP contribution in [0, 0.1) is 0 Å². The standard InChI is InChI=1S/C25H26N2O4S/c28-32(29,23-10-11-24-25(18-23)31-17-16-30-24)27-14-12-26(13-15-27)19-20-6-8-22(9-7-20)21-4-2-1-3-5-21/h1-11,18H,12-17,19H2. The van der Waals surface area contributed by atoms with Gasteiger partial charge in [-0.2, -0.15) is 4.31 Å². The van der Waals surface area contributed by atoms with E-state index < -0.39 is 10.0 Å². The van der Waals surface area contributed by atoms with E-state index in [-0.39, 0.29) is 4.90 Å². The summed E-state index contributed by atoms with van der Waals surface area (Å²) in [5.74, 6) is 1.09. The van der Waals surface area contributed by atoms with Gasteiger partial charge in [0.15, 0.2) is 11.5 Å². The molecule has 0 saturated carbocycles. The van der Waals surface area contributed by atoms with Crippen molar-refractivity contribution >= 4 is 10.0 Å². The van der Waals surface area contributed by atoms with Gasteiger partial charge in [-0.1, -0.05) is 54.6 Å². The lowest BCUT2D eigenvalue weighted by Crippen LogP contribution is -2.48. The van der Waals surface area contributed by atoms with Crippen molar-refractivity contribution in [1.82, 2.24) is 9.21 Å². The summed E-state index contributed by atoms with van der Waals surface area (Å²) < 4.78 is 38.9. The Bertz CT molecular complexity index is 1170. The minimum Gasteiger partial charge on any atom is -0.486 e. The fourth-order valence-electron chi connectivity index (χ4n) is 4.15. The van der Waals surface area contributed by atoms with Gasteiger partial charge in [-0.05, 0) is 28.8 Å². The summed E-state index contributed by atoms with van der Waals surface area (Å²) >= 11 is 0. The van der Waals surface area contributed by atoms with E-state index in [1.54, 1.807) is 22.5 Å². The van der Waals surface area contributed by atoms with Gasteiger partial charge in [0, 0.05) is 38.8 Å². The molecule has 5 rings (SSSR count). The molecule has 1 fully saturated rings. The van der Waals surface area contributed by atoms with Crippen LogP contribution in [0.2, 0.25) is 0 Å². The van der Waals surface area contributed by atoms with E-state index >= 15 is 0 Å². The Morgan fingerprint density at radius 3 is 2.09 bits per heavy atom. The number of fused-ring (bicyclic) bond motifs is 1. The van der Waals surface area contributed by atoms with Crippen molar-refractivity contribution in [3.63, 3.8) is 0 Å². The van der Waals surface area contributed by atoms with Gasteiger partial charge >= 0.3 is 0 Å². The first kappa shape index (κ1) is 21.0. The van der Waals surface area contributed by atoms with Gasteiger partial charge in [-0.25, -0.2) is 8.42 Å². The zero-order chi connectivity index (χ0) is 22.0. The highest BCUT2D eigenvalue weighted by molar-refractivity contribution is 7.89. The van der Waals surface area contributed by atoms with Crippen LogP contribution in [0.3, 0.4) is 0 Å². The molecule has 0 amide bonds. The third-order valence-corrected chi connectivity index (χ3v) is 7.84. The van der Waals surface area contributed by atoms with Crippen LogP contribution in [0.5, 0.6) is 11.5 Å². The van der Waals surface area contributed by atoms with E-state index in [2.05, 4.69) is 41.3 Å². The summed E-state index contributed by atoms with van der Waals surface area (Å²) in [6, 6.07) is 23.8. The molecule has 6 nitrogen and oxygen atoms in total. The Hall–Kier alpha value is -2.87. The SMILES string of the molecule is O=S(=O)(c1ccc2c(c1)OCCO2)N1CCN(Cc2ccc(-c3ccccc3)cc2)CC1. The van der Waals surface area contributed by atoms with Gasteiger partial charge in [0.2, 0.25) is 10.0 Å². The van der Waals surface area contributed by atoms with Crippen LogP contribution in [0.15, 0.2) is 77.7 Å². The highest BCUT2D eigenvalue weighted by Crippen LogP contribution is 2.33. The number of rotatable bonds is 5. The monoisotopic (exact) mass is 450 g/mol. The lowest BCUT2D eigenvalue weighted by Gasteiger charge is -2.34. The summed E-state index contributed by atoms with van der Waals surface area (Å²) in [7, 11) is -3.56. The molecule has 3 aromatic rings. The first-order chi connectivity index (χ1) is 15.6. The van der Waals surface area contributed by atoms with E-state index in [1.807, 2.05) is 18.2 Å². The highest BCUT2D eigenvalue weighted by atomic mass is 32.2. The average molecular weight is 451 g/mol. The number of hydrogen-bond donors (Lipinski definition) is 0. The first-order valence-electron chi connectivity index (χ1n) is 10.9. The van der Waals surface area contributed by atoms with E-state index in [0.717, 1.165) is 6.54 Å². The van der Waals surface area contributed by atoms with E-state index in [0.29, 0.717) is 50.9 Å². The number of benzene rings is 3. The normalized spacial score (nSPS) is 17.2. The van der Waals surface area contributed by atoms with E-state index in [1.165, 1.54) is 16.7 Å². The maximum Gasteiger partial charge on any atom is 0.243 e. The topological polar surface area (TPSA) is 59.1 Å². The molecular formula is C25H26N2O4S. The molecule has 7 heteroatoms. The van der Waals surface area contributed by atoms with Crippen LogP contribution in [0.1, 0.15) is 5.56 Å². The van der Waals surface area contributed by atoms with Crippen molar-refractivity contribution in [1.29, 1.82) is 0 Å². The van der Waals surface area contributed by atoms with Crippen LogP contribution in [-0.2, 0) is 16.6 Å². The largest absolute Gasteiger partial charge is 0.486 e. The minimum absolute atomic E-state index is 0.256. The van der Waals surface area contributed by atoms with Gasteiger partial charge in [0.1, 0.15) is 13.2 Å². The number of piperazine rings is 1. The Morgan fingerprint density at radius 1 is 0.719 bits per heavy atom. The van der Waals surface area contributed by atoms with Crippen LogP contribution in [-0.4, -0.2) is 57.0 Å². The third kappa shape index (κ3) is 4.37. The second-order valence-electron chi connectivity index (χ2n) is 8.05. The van der Waals surface area contributed by atoms with Gasteiger partial charge in [0.05, 0.1) is 4.90 Å². The molecule has 0 aliphatic carbocycles. The van der Waals surface area contributed by atoms with Crippen molar-refractivity contribution in [2.24, 2.45) is 0 Å². The summed E-state index contributed by atoms with van der Waals surface area (Å²) in [6.45, 7) is 4.07. The smallest absolute Gasteiger partial charge is 0.243 e. The molecule has 0 unspecified atom stereocenters. The predicted octanol–water partition coefficient (Wildman–Crippen LogP) is 3.63. The molecular weight excluding hydrogens is 424 g/mol. The maximum atomic E-state index is 13.1. The zero-order valence-electron chi connectivity index (χ0n) is 17.8. The highest BCUT2D eigenvalue weighted by Gasteiger charge is 2.29. The van der Waals surface area contributed by atoms with Gasteiger partial charge in [0.25, 0.3) is 0 Å². The summed E-state index contributed by atoms with van der Waals surface area (Å²) in [5.41, 5.74) is 3.63. The third-order valence-electron chi connectivity index (χ3n) is 5.95. The molecule has 3 aromatic carbocycles. The van der Waals surface area contributed by atoms with Crippen LogP contribution in [0.4, 0.5) is 0 Å².